The highest BCUT2D eigenvalue weighted by Gasteiger charge is 2.40. The maximum Gasteiger partial charge on any atom is 0.266 e. The number of hydrogen-bond acceptors (Lipinski definition) is 8. The fraction of sp³-hybridized carbons (Fsp3) is 0.241. The highest BCUT2D eigenvalue weighted by Crippen LogP contribution is 2.43. The van der Waals surface area contributed by atoms with Gasteiger partial charge in [0, 0.05) is 17.2 Å². The van der Waals surface area contributed by atoms with Crippen LogP contribution in [0.3, 0.4) is 0 Å². The number of thioether (sulfide) groups is 1. The van der Waals surface area contributed by atoms with Crippen molar-refractivity contribution in [2.45, 2.75) is 37.2 Å². The van der Waals surface area contributed by atoms with E-state index in [9.17, 15) is 14.7 Å². The zero-order valence-corrected chi connectivity index (χ0v) is 21.9. The van der Waals surface area contributed by atoms with Gasteiger partial charge in [0.05, 0.1) is 35.6 Å². The van der Waals surface area contributed by atoms with Crippen LogP contribution in [0.2, 0.25) is 0 Å². The number of ether oxygens (including phenoxy) is 2. The van der Waals surface area contributed by atoms with Crippen molar-refractivity contribution in [1.29, 1.82) is 0 Å². The number of carbonyl (C=O) groups excluding carboxylic acids is 2. The minimum Gasteiger partial charge on any atom is -0.392 e. The molecule has 1 fully saturated rings. The lowest BCUT2D eigenvalue weighted by atomic mass is 9.91. The van der Waals surface area contributed by atoms with E-state index in [4.69, 9.17) is 9.47 Å². The fourth-order valence-electron chi connectivity index (χ4n) is 4.97. The minimum absolute atomic E-state index is 0.00364. The molecule has 4 aromatic rings. The predicted molar refractivity (Wildman–Crippen MR) is 144 cm³/mol. The Morgan fingerprint density at radius 2 is 1.69 bits per heavy atom. The summed E-state index contributed by atoms with van der Waals surface area (Å²) < 4.78 is 13.0. The van der Waals surface area contributed by atoms with E-state index in [1.807, 2.05) is 30.3 Å². The van der Waals surface area contributed by atoms with Crippen LogP contribution in [0.1, 0.15) is 56.7 Å². The van der Waals surface area contributed by atoms with E-state index in [1.54, 1.807) is 42.5 Å². The van der Waals surface area contributed by atoms with Crippen molar-refractivity contribution in [3.8, 4) is 0 Å². The third-order valence-electron chi connectivity index (χ3n) is 7.10. The standard InChI is InChI=1S/C29H26N4O5S/c1-17-24(15-39-29-30-16-31-32-29)37-28(38-25(17)19-11-9-18(14-34)10-12-19)20-5-4-6-21(13-20)33-26(35)22-7-2-3-8-23(22)27(33)36/h2-13,16-17,24-25,28,34H,14-15H2,1H3,(H,30,31,32)/t17-,24+,25+,28+/m0/s1. The summed E-state index contributed by atoms with van der Waals surface area (Å²) in [7, 11) is 0. The number of H-pyrrole nitrogens is 1. The number of hydrogen-bond donors (Lipinski definition) is 2. The SMILES string of the molecule is C[C@H]1[C@@H](CSc2ncn[nH]2)O[C@@H](c2cccc(N3C(=O)c4ccccc4C3=O)c2)O[C@H]1c1ccc(CO)cc1. The Kier molecular flexibility index (Phi) is 7.01. The molecule has 6 rings (SSSR count). The van der Waals surface area contributed by atoms with Gasteiger partial charge in [0.25, 0.3) is 11.8 Å². The van der Waals surface area contributed by atoms with Crippen molar-refractivity contribution < 1.29 is 24.2 Å². The molecule has 198 valence electrons. The van der Waals surface area contributed by atoms with E-state index in [0.717, 1.165) is 11.1 Å². The van der Waals surface area contributed by atoms with Crippen LogP contribution >= 0.6 is 11.8 Å². The van der Waals surface area contributed by atoms with Gasteiger partial charge in [-0.1, -0.05) is 67.2 Å². The third kappa shape index (κ3) is 4.87. The molecule has 4 atom stereocenters. The number of amides is 2. The molecule has 2 N–H and O–H groups in total. The van der Waals surface area contributed by atoms with Crippen molar-refractivity contribution in [3.05, 3.63) is 107 Å². The number of carbonyl (C=O) groups is 2. The molecule has 10 heteroatoms. The van der Waals surface area contributed by atoms with Gasteiger partial charge in [-0.3, -0.25) is 14.7 Å². The predicted octanol–water partition coefficient (Wildman–Crippen LogP) is 4.68. The topological polar surface area (TPSA) is 118 Å². The lowest BCUT2D eigenvalue weighted by Gasteiger charge is -2.41. The fourth-order valence-corrected chi connectivity index (χ4v) is 5.91. The van der Waals surface area contributed by atoms with E-state index in [0.29, 0.717) is 33.3 Å². The van der Waals surface area contributed by atoms with Gasteiger partial charge in [0.1, 0.15) is 6.33 Å². The molecule has 3 heterocycles. The van der Waals surface area contributed by atoms with E-state index in [-0.39, 0.29) is 36.5 Å². The Morgan fingerprint density at radius 1 is 0.949 bits per heavy atom. The number of benzene rings is 3. The third-order valence-corrected chi connectivity index (χ3v) is 8.06. The zero-order chi connectivity index (χ0) is 26.9. The van der Waals surface area contributed by atoms with Gasteiger partial charge in [0.15, 0.2) is 11.4 Å². The van der Waals surface area contributed by atoms with Gasteiger partial charge in [-0.15, -0.1) is 0 Å². The first-order chi connectivity index (χ1) is 19.0. The molecule has 0 radical (unpaired) electrons. The lowest BCUT2D eigenvalue weighted by Crippen LogP contribution is -2.38. The molecule has 2 amide bonds. The molecule has 0 unspecified atom stereocenters. The molecule has 0 spiro atoms. The van der Waals surface area contributed by atoms with Crippen LogP contribution in [0.25, 0.3) is 0 Å². The summed E-state index contributed by atoms with van der Waals surface area (Å²) in [6.07, 6.45) is 0.235. The van der Waals surface area contributed by atoms with Crippen molar-refractivity contribution in [2.24, 2.45) is 5.92 Å². The number of nitrogens with zero attached hydrogens (tertiary/aromatic N) is 3. The number of nitrogens with one attached hydrogen (secondary N) is 1. The van der Waals surface area contributed by atoms with Crippen LogP contribution < -0.4 is 4.90 Å². The van der Waals surface area contributed by atoms with Crippen LogP contribution in [0.5, 0.6) is 0 Å². The van der Waals surface area contributed by atoms with Crippen LogP contribution in [0.4, 0.5) is 5.69 Å². The smallest absolute Gasteiger partial charge is 0.266 e. The zero-order valence-electron chi connectivity index (χ0n) is 21.1. The quantitative estimate of drug-likeness (QED) is 0.255. The summed E-state index contributed by atoms with van der Waals surface area (Å²) >= 11 is 1.51. The maximum atomic E-state index is 13.1. The first-order valence-corrected chi connectivity index (χ1v) is 13.6. The molecule has 9 nitrogen and oxygen atoms in total. The molecule has 0 saturated carbocycles. The van der Waals surface area contributed by atoms with Crippen molar-refractivity contribution in [1.82, 2.24) is 15.2 Å². The number of rotatable bonds is 7. The Hall–Kier alpha value is -3.83. The second-order valence-corrected chi connectivity index (χ2v) is 10.5. The number of aliphatic hydroxyl groups excluding tert-OH is 1. The first-order valence-electron chi connectivity index (χ1n) is 12.6. The lowest BCUT2D eigenvalue weighted by molar-refractivity contribution is -0.268. The average molecular weight is 543 g/mol. The number of fused-ring (bicyclic) bond motifs is 1. The molecule has 1 saturated heterocycles. The summed E-state index contributed by atoms with van der Waals surface area (Å²) in [4.78, 5) is 31.6. The Morgan fingerprint density at radius 3 is 2.36 bits per heavy atom. The molecule has 0 aliphatic carbocycles. The summed E-state index contributed by atoms with van der Waals surface area (Å²) in [5, 5.41) is 17.0. The molecular weight excluding hydrogens is 516 g/mol. The molecular formula is C29H26N4O5S. The van der Waals surface area contributed by atoms with Crippen LogP contribution in [0.15, 0.2) is 84.3 Å². The number of anilines is 1. The molecule has 3 aromatic carbocycles. The monoisotopic (exact) mass is 542 g/mol. The Bertz CT molecular complexity index is 1460. The Labute approximate surface area is 229 Å². The van der Waals surface area contributed by atoms with Crippen molar-refractivity contribution >= 4 is 29.3 Å². The van der Waals surface area contributed by atoms with E-state index in [1.165, 1.54) is 23.0 Å². The van der Waals surface area contributed by atoms with E-state index < -0.39 is 6.29 Å². The largest absolute Gasteiger partial charge is 0.392 e. The van der Waals surface area contributed by atoms with E-state index >= 15 is 0 Å². The normalized spacial score (nSPS) is 22.8. The van der Waals surface area contributed by atoms with Gasteiger partial charge in [-0.25, -0.2) is 9.88 Å². The van der Waals surface area contributed by atoms with Gasteiger partial charge in [0.2, 0.25) is 0 Å². The number of aromatic nitrogens is 3. The van der Waals surface area contributed by atoms with Crippen molar-refractivity contribution in [3.63, 3.8) is 0 Å². The van der Waals surface area contributed by atoms with E-state index in [2.05, 4.69) is 22.1 Å². The first kappa shape index (κ1) is 25.4. The average Bonchev–Trinajstić information content (AvgIpc) is 3.59. The Balaban J connectivity index is 1.30. The maximum absolute atomic E-state index is 13.1. The highest BCUT2D eigenvalue weighted by atomic mass is 32.2. The van der Waals surface area contributed by atoms with Crippen molar-refractivity contribution in [2.75, 3.05) is 10.7 Å². The van der Waals surface area contributed by atoms with Gasteiger partial charge < -0.3 is 14.6 Å². The summed E-state index contributed by atoms with van der Waals surface area (Å²) in [5.74, 6) is -0.0966. The highest BCUT2D eigenvalue weighted by molar-refractivity contribution is 7.99. The summed E-state index contributed by atoms with van der Waals surface area (Å²) in [5.41, 5.74) is 3.73. The molecule has 0 bridgehead atoms. The molecule has 2 aliphatic rings. The number of aromatic amines is 1. The van der Waals surface area contributed by atoms with Gasteiger partial charge in [-0.2, -0.15) is 5.10 Å². The minimum atomic E-state index is -0.737. The molecule has 2 aliphatic heterocycles. The second kappa shape index (κ2) is 10.7. The summed E-state index contributed by atoms with van der Waals surface area (Å²) in [6.45, 7) is 2.05. The van der Waals surface area contributed by atoms with Crippen LogP contribution in [-0.4, -0.2) is 44.0 Å². The van der Waals surface area contributed by atoms with Gasteiger partial charge in [-0.05, 0) is 35.4 Å². The number of imide groups is 1. The van der Waals surface area contributed by atoms with Crippen LogP contribution in [0, 0.1) is 5.92 Å². The molecule has 1 aromatic heterocycles. The summed E-state index contributed by atoms with van der Waals surface area (Å²) in [6, 6.07) is 21.7. The second-order valence-electron chi connectivity index (χ2n) is 9.51. The van der Waals surface area contributed by atoms with Gasteiger partial charge >= 0.3 is 0 Å². The molecule has 39 heavy (non-hydrogen) atoms. The number of aliphatic hydroxyl groups is 1. The van der Waals surface area contributed by atoms with Crippen LogP contribution in [-0.2, 0) is 16.1 Å².